The lowest BCUT2D eigenvalue weighted by Gasteiger charge is -2.26. The first-order valence-electron chi connectivity index (χ1n) is 9.22. The maximum Gasteiger partial charge on any atom is 0.325 e. The fourth-order valence-corrected chi connectivity index (χ4v) is 3.47. The molecule has 0 aromatic heterocycles. The van der Waals surface area contributed by atoms with Crippen LogP contribution in [-0.2, 0) is 15.1 Å². The van der Waals surface area contributed by atoms with Gasteiger partial charge in [0.15, 0.2) is 0 Å². The third-order valence-corrected chi connectivity index (χ3v) is 4.80. The van der Waals surface area contributed by atoms with Gasteiger partial charge in [-0.2, -0.15) is 0 Å². The fourth-order valence-electron chi connectivity index (χ4n) is 3.47. The van der Waals surface area contributed by atoms with Crippen molar-refractivity contribution in [2.45, 2.75) is 25.3 Å². The number of rotatable bonds is 7. The van der Waals surface area contributed by atoms with Gasteiger partial charge in [-0.05, 0) is 24.1 Å². The molecule has 1 heterocycles. The summed E-state index contributed by atoms with van der Waals surface area (Å²) in [6.45, 7) is 1.23. The van der Waals surface area contributed by atoms with E-state index in [-0.39, 0.29) is 5.69 Å². The van der Waals surface area contributed by atoms with Crippen molar-refractivity contribution in [1.82, 2.24) is 10.2 Å². The summed E-state index contributed by atoms with van der Waals surface area (Å²) in [5, 5.41) is 16.0. The number of halogens is 1. The number of imide groups is 1. The molecule has 2 N–H and O–H groups in total. The van der Waals surface area contributed by atoms with Gasteiger partial charge in [0.1, 0.15) is 23.6 Å². The quantitative estimate of drug-likeness (QED) is 0.410. The van der Waals surface area contributed by atoms with Crippen molar-refractivity contribution in [3.8, 4) is 0 Å². The van der Waals surface area contributed by atoms with Gasteiger partial charge in [0, 0.05) is 0 Å². The number of nitrogens with zero attached hydrogens (tertiary/aromatic N) is 2. The molecule has 3 rings (SSSR count). The standard InChI is InChI=1S/C20H19FN4O5/c1-2-10-20(13-6-4-3-5-7-13)18(27)24(19(28)23-20)12-17(26)22-15-9-8-14(21)11-16(15)25(29)30/h3-9,11H,2,10,12H2,1H3,(H,22,26)(H,23,28). The molecule has 9 nitrogen and oxygen atoms in total. The van der Waals surface area contributed by atoms with Crippen molar-refractivity contribution < 1.29 is 23.7 Å². The van der Waals surface area contributed by atoms with Crippen LogP contribution in [0.1, 0.15) is 25.3 Å². The van der Waals surface area contributed by atoms with Crippen molar-refractivity contribution in [1.29, 1.82) is 0 Å². The van der Waals surface area contributed by atoms with E-state index in [0.717, 1.165) is 17.0 Å². The summed E-state index contributed by atoms with van der Waals surface area (Å²) in [5.74, 6) is -2.24. The van der Waals surface area contributed by atoms with E-state index in [9.17, 15) is 28.9 Å². The van der Waals surface area contributed by atoms with Gasteiger partial charge < -0.3 is 10.6 Å². The Bertz CT molecular complexity index is 1010. The Morgan fingerprint density at radius 3 is 2.57 bits per heavy atom. The number of nitro groups is 1. The van der Waals surface area contributed by atoms with Crippen LogP contribution < -0.4 is 10.6 Å². The topological polar surface area (TPSA) is 122 Å². The van der Waals surface area contributed by atoms with E-state index in [1.54, 1.807) is 30.3 Å². The first-order chi connectivity index (χ1) is 14.3. The van der Waals surface area contributed by atoms with E-state index in [1.807, 2.05) is 6.92 Å². The predicted octanol–water partition coefficient (Wildman–Crippen LogP) is 2.92. The Labute approximate surface area is 171 Å². The highest BCUT2D eigenvalue weighted by Gasteiger charge is 2.52. The lowest BCUT2D eigenvalue weighted by atomic mass is 9.85. The second-order valence-corrected chi connectivity index (χ2v) is 6.81. The highest BCUT2D eigenvalue weighted by atomic mass is 19.1. The molecule has 156 valence electrons. The summed E-state index contributed by atoms with van der Waals surface area (Å²) in [6, 6.07) is 10.7. The molecule has 2 aromatic carbocycles. The molecule has 10 heteroatoms. The van der Waals surface area contributed by atoms with Gasteiger partial charge >= 0.3 is 6.03 Å². The van der Waals surface area contributed by atoms with Crippen LogP contribution in [0.15, 0.2) is 48.5 Å². The second-order valence-electron chi connectivity index (χ2n) is 6.81. The average Bonchev–Trinajstić information content (AvgIpc) is 2.95. The molecule has 0 radical (unpaired) electrons. The molecule has 30 heavy (non-hydrogen) atoms. The minimum absolute atomic E-state index is 0.235. The van der Waals surface area contributed by atoms with E-state index in [1.165, 1.54) is 0 Å². The number of nitrogens with one attached hydrogen (secondary N) is 2. The van der Waals surface area contributed by atoms with Crippen molar-refractivity contribution in [3.05, 3.63) is 70.0 Å². The SMILES string of the molecule is CCCC1(c2ccccc2)NC(=O)N(CC(=O)Nc2ccc(F)cc2[N+](=O)[O-])C1=O. The second kappa shape index (κ2) is 8.27. The molecule has 0 aliphatic carbocycles. The van der Waals surface area contributed by atoms with E-state index >= 15 is 0 Å². The van der Waals surface area contributed by atoms with Gasteiger partial charge in [-0.1, -0.05) is 43.7 Å². The number of urea groups is 1. The highest BCUT2D eigenvalue weighted by Crippen LogP contribution is 2.33. The Morgan fingerprint density at radius 2 is 1.93 bits per heavy atom. The molecule has 4 amide bonds. The molecule has 1 aliphatic heterocycles. The van der Waals surface area contributed by atoms with Crippen molar-refractivity contribution in [2.75, 3.05) is 11.9 Å². The summed E-state index contributed by atoms with van der Waals surface area (Å²) in [5.41, 5.74) is -1.55. The maximum atomic E-state index is 13.3. The van der Waals surface area contributed by atoms with Gasteiger partial charge in [-0.15, -0.1) is 0 Å². The smallest absolute Gasteiger partial charge is 0.319 e. The summed E-state index contributed by atoms with van der Waals surface area (Å²) in [4.78, 5) is 49.1. The minimum Gasteiger partial charge on any atom is -0.319 e. The van der Waals surface area contributed by atoms with Crippen LogP contribution in [0, 0.1) is 15.9 Å². The van der Waals surface area contributed by atoms with Crippen LogP contribution in [0.25, 0.3) is 0 Å². The molecule has 1 fully saturated rings. The van der Waals surface area contributed by atoms with Crippen molar-refractivity contribution in [3.63, 3.8) is 0 Å². The summed E-state index contributed by atoms with van der Waals surface area (Å²) >= 11 is 0. The lowest BCUT2D eigenvalue weighted by molar-refractivity contribution is -0.384. The number of hydrogen-bond donors (Lipinski definition) is 2. The molecule has 1 unspecified atom stereocenters. The van der Waals surface area contributed by atoms with Gasteiger partial charge in [-0.25, -0.2) is 9.18 Å². The Morgan fingerprint density at radius 1 is 1.23 bits per heavy atom. The Kier molecular flexibility index (Phi) is 5.77. The predicted molar refractivity (Wildman–Crippen MR) is 105 cm³/mol. The summed E-state index contributed by atoms with van der Waals surface area (Å²) in [6.07, 6.45) is 0.936. The molecule has 1 atom stereocenters. The molecule has 0 bridgehead atoms. The summed E-state index contributed by atoms with van der Waals surface area (Å²) < 4.78 is 13.3. The average molecular weight is 414 g/mol. The number of hydrogen-bond acceptors (Lipinski definition) is 5. The number of amides is 4. The highest BCUT2D eigenvalue weighted by molar-refractivity contribution is 6.10. The summed E-state index contributed by atoms with van der Waals surface area (Å²) in [7, 11) is 0. The normalized spacial score (nSPS) is 18.3. The first kappa shape index (κ1) is 20.9. The third-order valence-electron chi connectivity index (χ3n) is 4.80. The molecular formula is C20H19FN4O5. The molecular weight excluding hydrogens is 395 g/mol. The Balaban J connectivity index is 1.82. The van der Waals surface area contributed by atoms with E-state index in [0.29, 0.717) is 24.5 Å². The zero-order chi connectivity index (χ0) is 21.9. The fraction of sp³-hybridized carbons (Fsp3) is 0.250. The van der Waals surface area contributed by atoms with Crippen LogP contribution in [0.5, 0.6) is 0 Å². The number of benzene rings is 2. The number of nitro benzene ring substituents is 1. The van der Waals surface area contributed by atoms with Gasteiger partial charge in [-0.3, -0.25) is 24.6 Å². The van der Waals surface area contributed by atoms with Crippen molar-refractivity contribution in [2.24, 2.45) is 0 Å². The Hall–Kier alpha value is -3.82. The van der Waals surface area contributed by atoms with E-state index < -0.39 is 46.4 Å². The number of anilines is 1. The number of carbonyl (C=O) groups excluding carboxylic acids is 3. The molecule has 1 aliphatic rings. The van der Waals surface area contributed by atoms with E-state index in [4.69, 9.17) is 0 Å². The number of carbonyl (C=O) groups is 3. The molecule has 1 saturated heterocycles. The largest absolute Gasteiger partial charge is 0.325 e. The van der Waals surface area contributed by atoms with Gasteiger partial charge in [0.2, 0.25) is 5.91 Å². The molecule has 2 aromatic rings. The van der Waals surface area contributed by atoms with Gasteiger partial charge in [0.25, 0.3) is 11.6 Å². The van der Waals surface area contributed by atoms with E-state index in [2.05, 4.69) is 10.6 Å². The van der Waals surface area contributed by atoms with Crippen LogP contribution in [0.2, 0.25) is 0 Å². The van der Waals surface area contributed by atoms with Crippen molar-refractivity contribution >= 4 is 29.2 Å². The van der Waals surface area contributed by atoms with Crippen LogP contribution in [0.3, 0.4) is 0 Å². The zero-order valence-electron chi connectivity index (χ0n) is 16.1. The maximum absolute atomic E-state index is 13.3. The minimum atomic E-state index is -1.28. The molecule has 0 spiro atoms. The molecule has 0 saturated carbocycles. The van der Waals surface area contributed by atoms with Crippen LogP contribution in [0.4, 0.5) is 20.6 Å². The lowest BCUT2D eigenvalue weighted by Crippen LogP contribution is -2.44. The van der Waals surface area contributed by atoms with Gasteiger partial charge in [0.05, 0.1) is 11.0 Å². The first-order valence-corrected chi connectivity index (χ1v) is 9.22. The van der Waals surface area contributed by atoms with Crippen LogP contribution >= 0.6 is 0 Å². The monoisotopic (exact) mass is 414 g/mol. The zero-order valence-corrected chi connectivity index (χ0v) is 16.1. The third kappa shape index (κ3) is 3.84. The van der Waals surface area contributed by atoms with Crippen LogP contribution in [-0.4, -0.2) is 34.2 Å².